The Morgan fingerprint density at radius 2 is 1.72 bits per heavy atom. The summed E-state index contributed by atoms with van der Waals surface area (Å²) in [6.07, 6.45) is 0.174. The first-order chi connectivity index (χ1) is 8.53. The molecule has 0 saturated carbocycles. The Morgan fingerprint density at radius 3 is 2.06 bits per heavy atom. The third kappa shape index (κ3) is 3.20. The number of ether oxygens (including phenoxy) is 3. The fourth-order valence-electron chi connectivity index (χ4n) is 1.55. The molecule has 0 heterocycles. The molecule has 1 aromatic carbocycles. The average Bonchev–Trinajstić information content (AvgIpc) is 2.37. The number of benzene rings is 1. The van der Waals surface area contributed by atoms with Gasteiger partial charge in [-0.3, -0.25) is 4.79 Å². The van der Waals surface area contributed by atoms with Crippen LogP contribution < -0.4 is 14.2 Å². The lowest BCUT2D eigenvalue weighted by molar-refractivity contribution is -0.136. The summed E-state index contributed by atoms with van der Waals surface area (Å²) >= 11 is 5.70. The lowest BCUT2D eigenvalue weighted by Crippen LogP contribution is -2.16. The highest BCUT2D eigenvalue weighted by molar-refractivity contribution is 6.29. The van der Waals surface area contributed by atoms with Crippen molar-refractivity contribution < 1.29 is 24.1 Å². The number of carboxylic acid groups (broad SMARTS) is 1. The molecule has 0 saturated heterocycles. The monoisotopic (exact) mass is 274 g/mol. The van der Waals surface area contributed by atoms with Crippen molar-refractivity contribution in [2.45, 2.75) is 11.8 Å². The third-order valence-corrected chi connectivity index (χ3v) is 2.75. The topological polar surface area (TPSA) is 65.0 Å². The lowest BCUT2D eigenvalue weighted by Gasteiger charge is -2.14. The molecule has 0 fully saturated rings. The Kier molecular flexibility index (Phi) is 5.09. The van der Waals surface area contributed by atoms with Gasteiger partial charge in [-0.15, -0.1) is 11.6 Å². The summed E-state index contributed by atoms with van der Waals surface area (Å²) < 4.78 is 15.5. The molecule has 1 atom stereocenters. The van der Waals surface area contributed by atoms with E-state index in [-0.39, 0.29) is 6.42 Å². The number of carboxylic acids is 1. The van der Waals surface area contributed by atoms with Gasteiger partial charge in [-0.2, -0.15) is 0 Å². The van der Waals surface area contributed by atoms with Gasteiger partial charge in [0.15, 0.2) is 11.5 Å². The number of hydrogen-bond acceptors (Lipinski definition) is 4. The Balaban J connectivity index is 3.11. The summed E-state index contributed by atoms with van der Waals surface area (Å²) in [5.74, 6) is 0.345. The largest absolute Gasteiger partial charge is 0.493 e. The Hall–Kier alpha value is -1.62. The van der Waals surface area contributed by atoms with E-state index in [1.54, 1.807) is 12.1 Å². The zero-order chi connectivity index (χ0) is 13.7. The molecule has 5 nitrogen and oxygen atoms in total. The number of halogens is 1. The van der Waals surface area contributed by atoms with Gasteiger partial charge in [-0.25, -0.2) is 0 Å². The van der Waals surface area contributed by atoms with Crippen molar-refractivity contribution in [3.05, 3.63) is 17.7 Å². The average molecular weight is 275 g/mol. The molecule has 1 unspecified atom stereocenters. The van der Waals surface area contributed by atoms with Crippen LogP contribution in [0.25, 0.3) is 0 Å². The van der Waals surface area contributed by atoms with Crippen molar-refractivity contribution in [1.82, 2.24) is 0 Å². The van der Waals surface area contributed by atoms with E-state index in [4.69, 9.17) is 30.9 Å². The van der Waals surface area contributed by atoms with E-state index in [0.29, 0.717) is 22.8 Å². The van der Waals surface area contributed by atoms with Crippen LogP contribution >= 0.6 is 11.6 Å². The summed E-state index contributed by atoms with van der Waals surface area (Å²) in [4.78, 5) is 10.7. The summed E-state index contributed by atoms with van der Waals surface area (Å²) in [6, 6.07) is 3.36. The molecule has 0 aliphatic carbocycles. The van der Waals surface area contributed by atoms with E-state index in [2.05, 4.69) is 0 Å². The van der Waals surface area contributed by atoms with Crippen molar-refractivity contribution in [3.8, 4) is 17.2 Å². The lowest BCUT2D eigenvalue weighted by atomic mass is 10.1. The van der Waals surface area contributed by atoms with E-state index in [1.807, 2.05) is 0 Å². The summed E-state index contributed by atoms with van der Waals surface area (Å²) in [7, 11) is 4.49. The van der Waals surface area contributed by atoms with E-state index >= 15 is 0 Å². The highest BCUT2D eigenvalue weighted by atomic mass is 35.5. The SMILES string of the molecule is COc1cc(CC(Cl)C(=O)O)cc(OC)c1OC. The van der Waals surface area contributed by atoms with Gasteiger partial charge in [-0.1, -0.05) is 0 Å². The molecular formula is C12H15ClO5. The van der Waals surface area contributed by atoms with Crippen LogP contribution in [0.1, 0.15) is 5.56 Å². The normalized spacial score (nSPS) is 11.8. The maximum absolute atomic E-state index is 10.7. The molecule has 100 valence electrons. The molecular weight excluding hydrogens is 260 g/mol. The first-order valence-corrected chi connectivity index (χ1v) is 5.62. The molecule has 0 spiro atoms. The Labute approximate surface area is 110 Å². The predicted octanol–water partition coefficient (Wildman–Crippen LogP) is 1.95. The van der Waals surface area contributed by atoms with Gasteiger partial charge >= 0.3 is 5.97 Å². The predicted molar refractivity (Wildman–Crippen MR) is 67.1 cm³/mol. The molecule has 0 amide bonds. The van der Waals surface area contributed by atoms with Gasteiger partial charge in [0.1, 0.15) is 5.38 Å². The summed E-state index contributed by atoms with van der Waals surface area (Å²) in [5.41, 5.74) is 0.701. The van der Waals surface area contributed by atoms with Crippen LogP contribution in [0.4, 0.5) is 0 Å². The third-order valence-electron chi connectivity index (χ3n) is 2.41. The first-order valence-electron chi connectivity index (χ1n) is 5.19. The quantitative estimate of drug-likeness (QED) is 0.803. The zero-order valence-electron chi connectivity index (χ0n) is 10.4. The van der Waals surface area contributed by atoms with Gasteiger partial charge in [0, 0.05) is 0 Å². The van der Waals surface area contributed by atoms with Crippen molar-refractivity contribution >= 4 is 17.6 Å². The molecule has 0 aliphatic rings. The molecule has 0 aliphatic heterocycles. The van der Waals surface area contributed by atoms with Crippen LogP contribution in [0.15, 0.2) is 12.1 Å². The molecule has 6 heteroatoms. The number of aliphatic carboxylic acids is 1. The van der Waals surface area contributed by atoms with Crippen molar-refractivity contribution in [2.75, 3.05) is 21.3 Å². The second-order valence-corrected chi connectivity index (χ2v) is 4.07. The van der Waals surface area contributed by atoms with Crippen LogP contribution in [0.3, 0.4) is 0 Å². The molecule has 1 aromatic rings. The summed E-state index contributed by atoms with van der Waals surface area (Å²) in [5, 5.41) is 7.79. The van der Waals surface area contributed by atoms with Gasteiger partial charge in [0.25, 0.3) is 0 Å². The first kappa shape index (κ1) is 14.4. The Morgan fingerprint density at radius 1 is 1.22 bits per heavy atom. The molecule has 1 N–H and O–H groups in total. The molecule has 0 radical (unpaired) electrons. The second-order valence-electron chi connectivity index (χ2n) is 3.54. The minimum Gasteiger partial charge on any atom is -0.493 e. The maximum atomic E-state index is 10.7. The van der Waals surface area contributed by atoms with Crippen LogP contribution in [-0.4, -0.2) is 37.8 Å². The van der Waals surface area contributed by atoms with E-state index < -0.39 is 11.3 Å². The highest BCUT2D eigenvalue weighted by Gasteiger charge is 2.18. The fourth-order valence-corrected chi connectivity index (χ4v) is 1.73. The Bertz CT molecular complexity index is 407. The summed E-state index contributed by atoms with van der Waals surface area (Å²) in [6.45, 7) is 0. The second kappa shape index (κ2) is 6.35. The van der Waals surface area contributed by atoms with Crippen LogP contribution in [0, 0.1) is 0 Å². The van der Waals surface area contributed by atoms with Gasteiger partial charge in [0.05, 0.1) is 21.3 Å². The van der Waals surface area contributed by atoms with E-state index in [1.165, 1.54) is 21.3 Å². The maximum Gasteiger partial charge on any atom is 0.321 e. The minimum atomic E-state index is -1.06. The van der Waals surface area contributed by atoms with Crippen LogP contribution in [0.2, 0.25) is 0 Å². The van der Waals surface area contributed by atoms with E-state index in [9.17, 15) is 4.79 Å². The number of hydrogen-bond donors (Lipinski definition) is 1. The van der Waals surface area contributed by atoms with Crippen LogP contribution in [0.5, 0.6) is 17.2 Å². The number of alkyl halides is 1. The number of methoxy groups -OCH3 is 3. The highest BCUT2D eigenvalue weighted by Crippen LogP contribution is 2.38. The standard InChI is InChI=1S/C12H15ClO5/c1-16-9-5-7(4-8(13)12(14)15)6-10(17-2)11(9)18-3/h5-6,8H,4H2,1-3H3,(H,14,15). The van der Waals surface area contributed by atoms with Crippen LogP contribution in [-0.2, 0) is 11.2 Å². The van der Waals surface area contributed by atoms with E-state index in [0.717, 1.165) is 0 Å². The van der Waals surface area contributed by atoms with Crippen molar-refractivity contribution in [3.63, 3.8) is 0 Å². The van der Waals surface area contributed by atoms with Gasteiger partial charge in [-0.05, 0) is 24.1 Å². The molecule has 0 aromatic heterocycles. The van der Waals surface area contributed by atoms with Gasteiger partial charge < -0.3 is 19.3 Å². The molecule has 18 heavy (non-hydrogen) atoms. The smallest absolute Gasteiger partial charge is 0.321 e. The van der Waals surface area contributed by atoms with Crippen molar-refractivity contribution in [2.24, 2.45) is 0 Å². The number of carbonyl (C=O) groups is 1. The minimum absolute atomic E-state index is 0.174. The molecule has 0 bridgehead atoms. The van der Waals surface area contributed by atoms with Crippen molar-refractivity contribution in [1.29, 1.82) is 0 Å². The van der Waals surface area contributed by atoms with Gasteiger partial charge in [0.2, 0.25) is 5.75 Å². The zero-order valence-corrected chi connectivity index (χ0v) is 11.2. The molecule has 1 rings (SSSR count). The number of rotatable bonds is 6. The fraction of sp³-hybridized carbons (Fsp3) is 0.417.